The van der Waals surface area contributed by atoms with Gasteiger partial charge in [0, 0.05) is 19.8 Å². The van der Waals surface area contributed by atoms with Gasteiger partial charge in [0.05, 0.1) is 24.3 Å². The Morgan fingerprint density at radius 2 is 2.19 bits per heavy atom. The van der Waals surface area contributed by atoms with Crippen molar-refractivity contribution in [3.05, 3.63) is 47.3 Å². The lowest BCUT2D eigenvalue weighted by atomic mass is 10.0. The number of pyridine rings is 1. The molecule has 4 N–H and O–H groups in total. The van der Waals surface area contributed by atoms with Crippen LogP contribution in [-0.2, 0) is 12.8 Å². The number of fused-ring (bicyclic) bond motifs is 1. The van der Waals surface area contributed by atoms with Gasteiger partial charge in [-0.1, -0.05) is 6.92 Å². The van der Waals surface area contributed by atoms with Crippen molar-refractivity contribution in [2.24, 2.45) is 0 Å². The zero-order chi connectivity index (χ0) is 19.6. The molecule has 3 rings (SSSR count). The molecule has 0 saturated carbocycles. The summed E-state index contributed by atoms with van der Waals surface area (Å²) in [6.45, 7) is 2.37. The zero-order valence-corrected chi connectivity index (χ0v) is 15.0. The van der Waals surface area contributed by atoms with Gasteiger partial charge in [0.25, 0.3) is 5.91 Å². The van der Waals surface area contributed by atoms with Gasteiger partial charge in [-0.15, -0.1) is 5.10 Å². The van der Waals surface area contributed by atoms with E-state index in [0.717, 1.165) is 39.5 Å². The average Bonchev–Trinajstić information content (AvgIpc) is 2.94. The van der Waals surface area contributed by atoms with Crippen molar-refractivity contribution < 1.29 is 14.4 Å². The first-order chi connectivity index (χ1) is 12.9. The maximum atomic E-state index is 13.3. The fourth-order valence-electron chi connectivity index (χ4n) is 2.84. The number of hydrogen-bond donors (Lipinski definition) is 3. The Balaban J connectivity index is 1.96. The predicted octanol–water partition coefficient (Wildman–Crippen LogP) is 1.52. The number of hydrogen-bond acceptors (Lipinski definition) is 7. The molecule has 0 unspecified atom stereocenters. The number of carbonyl (C=O) groups is 1. The number of amides is 1. The maximum absolute atomic E-state index is 13.3. The molecule has 0 fully saturated rings. The molecule has 10 heteroatoms. The second kappa shape index (κ2) is 7.64. The van der Waals surface area contributed by atoms with Gasteiger partial charge in [-0.3, -0.25) is 9.78 Å². The Morgan fingerprint density at radius 1 is 1.41 bits per heavy atom. The van der Waals surface area contributed by atoms with Gasteiger partial charge in [-0.25, -0.2) is 13.9 Å². The van der Waals surface area contributed by atoms with Gasteiger partial charge in [-0.2, -0.15) is 5.06 Å². The van der Waals surface area contributed by atoms with Crippen LogP contribution in [0.4, 0.5) is 15.9 Å². The maximum Gasteiger partial charge on any atom is 0.263 e. The van der Waals surface area contributed by atoms with Crippen LogP contribution in [0.1, 0.15) is 28.4 Å². The first-order valence-electron chi connectivity index (χ1n) is 8.37. The van der Waals surface area contributed by atoms with E-state index in [0.29, 0.717) is 18.7 Å². The largest absolute Gasteiger partial charge is 0.381 e. The van der Waals surface area contributed by atoms with Crippen molar-refractivity contribution in [3.8, 4) is 0 Å². The van der Waals surface area contributed by atoms with Crippen LogP contribution in [-0.4, -0.2) is 49.4 Å². The molecule has 3 heterocycles. The highest BCUT2D eigenvalue weighted by Gasteiger charge is 2.21. The van der Waals surface area contributed by atoms with Gasteiger partial charge >= 0.3 is 0 Å². The molecule has 3 aromatic heterocycles. The first kappa shape index (κ1) is 18.7. The minimum atomic E-state index is -0.591. The second-order valence-corrected chi connectivity index (χ2v) is 6.06. The van der Waals surface area contributed by atoms with E-state index < -0.39 is 11.7 Å². The summed E-state index contributed by atoms with van der Waals surface area (Å²) in [5.74, 6) is -1.16. The zero-order valence-electron chi connectivity index (χ0n) is 15.0. The van der Waals surface area contributed by atoms with E-state index in [2.05, 4.69) is 20.4 Å². The third kappa shape index (κ3) is 3.86. The molecule has 0 bridgehead atoms. The van der Waals surface area contributed by atoms with Crippen molar-refractivity contribution in [2.45, 2.75) is 19.8 Å². The van der Waals surface area contributed by atoms with Gasteiger partial charge in [-0.05, 0) is 24.0 Å². The number of carbonyl (C=O) groups excluding carboxylic acids is 1. The van der Waals surface area contributed by atoms with E-state index in [4.69, 9.17) is 5.73 Å². The number of nitrogens with two attached hydrogens (primary N) is 1. The summed E-state index contributed by atoms with van der Waals surface area (Å²) in [4.78, 5) is 20.9. The third-order valence-corrected chi connectivity index (χ3v) is 4.16. The topological polar surface area (TPSA) is 122 Å². The normalized spacial score (nSPS) is 11.3. The lowest BCUT2D eigenvalue weighted by Gasteiger charge is -2.16. The quantitative estimate of drug-likeness (QED) is 0.560. The lowest BCUT2D eigenvalue weighted by Crippen LogP contribution is -2.20. The van der Waals surface area contributed by atoms with E-state index in [1.165, 1.54) is 0 Å². The summed E-state index contributed by atoms with van der Waals surface area (Å²) >= 11 is 0. The average molecular weight is 373 g/mol. The molecule has 0 aromatic carbocycles. The number of aryl methyl sites for hydroxylation is 1. The Morgan fingerprint density at radius 3 is 2.89 bits per heavy atom. The van der Waals surface area contributed by atoms with Gasteiger partial charge < -0.3 is 16.3 Å². The van der Waals surface area contributed by atoms with Crippen LogP contribution in [0.3, 0.4) is 0 Å². The number of aromatic nitrogens is 4. The number of nitrogens with zero attached hydrogens (tertiary/aromatic N) is 5. The molecule has 0 saturated heterocycles. The van der Waals surface area contributed by atoms with Crippen LogP contribution in [0.5, 0.6) is 0 Å². The Hall–Kier alpha value is -3.11. The van der Waals surface area contributed by atoms with Gasteiger partial charge in [0.15, 0.2) is 17.3 Å². The highest BCUT2D eigenvalue weighted by Crippen LogP contribution is 2.23. The van der Waals surface area contributed by atoms with Crippen LogP contribution >= 0.6 is 0 Å². The molecule has 0 atom stereocenters. The number of halogens is 1. The number of nitrogens with one attached hydrogen (secondary N) is 1. The molecule has 0 radical (unpaired) electrons. The number of hydroxylamine groups is 2. The van der Waals surface area contributed by atoms with Gasteiger partial charge in [0.2, 0.25) is 0 Å². The highest BCUT2D eigenvalue weighted by atomic mass is 19.1. The summed E-state index contributed by atoms with van der Waals surface area (Å²) in [5.41, 5.74) is 8.40. The summed E-state index contributed by atoms with van der Waals surface area (Å²) in [6.07, 6.45) is 6.60. The molecule has 27 heavy (non-hydrogen) atoms. The Labute approximate surface area is 154 Å². The SMILES string of the molecule is CCc1cncc(NC(=O)c2c(N)nn3cc(F)cnc23)c1CCN(C)O. The highest BCUT2D eigenvalue weighted by molar-refractivity contribution is 6.11. The van der Waals surface area contributed by atoms with Crippen LogP contribution < -0.4 is 11.1 Å². The minimum absolute atomic E-state index is 0.0538. The number of nitrogen functional groups attached to an aromatic ring is 1. The number of likely N-dealkylation sites (N-methyl/N-ethyl adjacent to an activating group) is 1. The van der Waals surface area contributed by atoms with E-state index in [1.54, 1.807) is 19.4 Å². The lowest BCUT2D eigenvalue weighted by molar-refractivity contribution is -0.0634. The smallest absolute Gasteiger partial charge is 0.263 e. The van der Waals surface area contributed by atoms with Crippen molar-refractivity contribution in [1.29, 1.82) is 0 Å². The molecule has 0 spiro atoms. The molecule has 142 valence electrons. The summed E-state index contributed by atoms with van der Waals surface area (Å²) < 4.78 is 14.4. The van der Waals surface area contributed by atoms with Crippen LogP contribution in [0.25, 0.3) is 5.65 Å². The van der Waals surface area contributed by atoms with Crippen LogP contribution in [0.2, 0.25) is 0 Å². The molecule has 0 aliphatic heterocycles. The molecule has 1 amide bonds. The van der Waals surface area contributed by atoms with Gasteiger partial charge in [0.1, 0.15) is 5.56 Å². The minimum Gasteiger partial charge on any atom is -0.381 e. The van der Waals surface area contributed by atoms with E-state index >= 15 is 0 Å². The van der Waals surface area contributed by atoms with Crippen LogP contribution in [0.15, 0.2) is 24.8 Å². The Bertz CT molecular complexity index is 987. The van der Waals surface area contributed by atoms with Crippen molar-refractivity contribution in [1.82, 2.24) is 24.6 Å². The van der Waals surface area contributed by atoms with Crippen molar-refractivity contribution in [2.75, 3.05) is 24.6 Å². The van der Waals surface area contributed by atoms with Crippen molar-refractivity contribution >= 4 is 23.1 Å². The van der Waals surface area contributed by atoms with E-state index in [9.17, 15) is 14.4 Å². The molecular formula is C17H20FN7O2. The second-order valence-electron chi connectivity index (χ2n) is 6.06. The van der Waals surface area contributed by atoms with E-state index in [1.807, 2.05) is 6.92 Å². The predicted molar refractivity (Wildman–Crippen MR) is 97.0 cm³/mol. The number of rotatable bonds is 6. The molecular weight excluding hydrogens is 353 g/mol. The molecule has 0 aliphatic rings. The monoisotopic (exact) mass is 373 g/mol. The van der Waals surface area contributed by atoms with Crippen molar-refractivity contribution in [3.63, 3.8) is 0 Å². The standard InChI is InChI=1S/C17H20FN7O2/c1-3-10-6-20-8-13(12(10)4-5-24(2)27)22-17(26)14-15(19)23-25-9-11(18)7-21-16(14)25/h6-9,27H,3-5H2,1-2H3,(H2,19,23)(H,22,26). The fraction of sp³-hybridized carbons (Fsp3) is 0.294. The Kier molecular flexibility index (Phi) is 5.28. The first-order valence-corrected chi connectivity index (χ1v) is 8.37. The molecule has 0 aliphatic carbocycles. The number of anilines is 2. The van der Waals surface area contributed by atoms with Crippen LogP contribution in [0, 0.1) is 5.82 Å². The summed E-state index contributed by atoms with van der Waals surface area (Å²) in [6, 6.07) is 0. The van der Waals surface area contributed by atoms with E-state index in [-0.39, 0.29) is 17.0 Å². The summed E-state index contributed by atoms with van der Waals surface area (Å²) in [5, 5.41) is 17.2. The molecule has 3 aromatic rings. The fourth-order valence-corrected chi connectivity index (χ4v) is 2.84. The third-order valence-electron chi connectivity index (χ3n) is 4.16. The summed E-state index contributed by atoms with van der Waals surface area (Å²) in [7, 11) is 1.55. The molecule has 9 nitrogen and oxygen atoms in total.